The molecule has 2 aliphatic rings. The monoisotopic (exact) mass is 310 g/mol. The fourth-order valence-electron chi connectivity index (χ4n) is 3.25. The molecule has 1 saturated carbocycles. The molecular formula is C16H23ClN2O2. The Hall–Kier alpha value is -1.26. The highest BCUT2D eigenvalue weighted by atomic mass is 35.5. The minimum atomic E-state index is 0. The van der Waals surface area contributed by atoms with E-state index in [1.54, 1.807) is 7.11 Å². The van der Waals surface area contributed by atoms with Gasteiger partial charge in [-0.15, -0.1) is 12.4 Å². The van der Waals surface area contributed by atoms with Crippen LogP contribution in [-0.2, 0) is 11.3 Å². The summed E-state index contributed by atoms with van der Waals surface area (Å²) in [6, 6.07) is 7.83. The summed E-state index contributed by atoms with van der Waals surface area (Å²) in [5, 5.41) is 6.43. The topological polar surface area (TPSA) is 50.4 Å². The van der Waals surface area contributed by atoms with Crippen LogP contribution in [0.4, 0.5) is 0 Å². The first-order valence-electron chi connectivity index (χ1n) is 7.35. The number of carbonyl (C=O) groups is 1. The Labute approximate surface area is 132 Å². The molecule has 1 heterocycles. The highest BCUT2D eigenvalue weighted by molar-refractivity contribution is 5.85. The third-order valence-electron chi connectivity index (χ3n) is 4.73. The average Bonchev–Trinajstić information content (AvgIpc) is 3.19. The van der Waals surface area contributed by atoms with Gasteiger partial charge in [-0.2, -0.15) is 0 Å². The average molecular weight is 311 g/mol. The van der Waals surface area contributed by atoms with Gasteiger partial charge in [0.1, 0.15) is 5.75 Å². The van der Waals surface area contributed by atoms with Crippen molar-refractivity contribution >= 4 is 18.3 Å². The lowest BCUT2D eigenvalue weighted by Gasteiger charge is -2.23. The van der Waals surface area contributed by atoms with Crippen LogP contribution in [-0.4, -0.2) is 26.1 Å². The fourth-order valence-corrected chi connectivity index (χ4v) is 3.25. The normalized spacial score (nSPS) is 22.2. The molecule has 1 saturated heterocycles. The van der Waals surface area contributed by atoms with Crippen LogP contribution in [0.3, 0.4) is 0 Å². The van der Waals surface area contributed by atoms with E-state index >= 15 is 0 Å². The van der Waals surface area contributed by atoms with E-state index in [2.05, 4.69) is 10.6 Å². The number of ether oxygens (including phenoxy) is 1. The predicted octanol–water partition coefficient (Wildman–Crippen LogP) is 2.12. The van der Waals surface area contributed by atoms with Gasteiger partial charge < -0.3 is 15.4 Å². The van der Waals surface area contributed by atoms with Gasteiger partial charge in [-0.25, -0.2) is 0 Å². The van der Waals surface area contributed by atoms with Crippen molar-refractivity contribution in [2.45, 2.75) is 25.8 Å². The van der Waals surface area contributed by atoms with Crippen LogP contribution in [0.15, 0.2) is 24.3 Å². The molecule has 1 spiro atoms. The molecule has 0 radical (unpaired) electrons. The maximum Gasteiger partial charge on any atom is 0.223 e. The zero-order valence-electron chi connectivity index (χ0n) is 12.4. The molecule has 1 aliphatic heterocycles. The lowest BCUT2D eigenvalue weighted by Crippen LogP contribution is -2.33. The van der Waals surface area contributed by atoms with Crippen molar-refractivity contribution < 1.29 is 9.53 Å². The molecule has 4 nitrogen and oxygen atoms in total. The van der Waals surface area contributed by atoms with Gasteiger partial charge >= 0.3 is 0 Å². The molecule has 3 rings (SSSR count). The van der Waals surface area contributed by atoms with Crippen LogP contribution in [0.2, 0.25) is 0 Å². The Morgan fingerprint density at radius 3 is 2.62 bits per heavy atom. The van der Waals surface area contributed by atoms with E-state index in [-0.39, 0.29) is 24.2 Å². The van der Waals surface area contributed by atoms with Crippen LogP contribution in [0.5, 0.6) is 5.75 Å². The molecular weight excluding hydrogens is 288 g/mol. The van der Waals surface area contributed by atoms with Crippen molar-refractivity contribution in [2.75, 3.05) is 20.2 Å². The van der Waals surface area contributed by atoms with Gasteiger partial charge in [-0.1, -0.05) is 12.1 Å². The predicted molar refractivity (Wildman–Crippen MR) is 84.7 cm³/mol. The Balaban J connectivity index is 0.00000161. The van der Waals surface area contributed by atoms with Crippen LogP contribution in [0.25, 0.3) is 0 Å². The summed E-state index contributed by atoms with van der Waals surface area (Å²) in [7, 11) is 1.66. The molecule has 1 aromatic carbocycles. The molecule has 1 aliphatic carbocycles. The van der Waals surface area contributed by atoms with Gasteiger partial charge in [-0.3, -0.25) is 4.79 Å². The van der Waals surface area contributed by atoms with E-state index in [1.165, 1.54) is 0 Å². The van der Waals surface area contributed by atoms with Gasteiger partial charge in [0.2, 0.25) is 5.91 Å². The number of piperidine rings is 1. The standard InChI is InChI=1S/C16H22N2O2.ClH/c1-20-13-4-2-12(3-5-13)11-18-15(19)14-10-16(14)6-8-17-9-7-16;/h2-5,14,17H,6-11H2,1H3,(H,18,19);1H. The van der Waals surface area contributed by atoms with E-state index in [9.17, 15) is 4.79 Å². The molecule has 2 fully saturated rings. The summed E-state index contributed by atoms with van der Waals surface area (Å²) in [4.78, 5) is 12.2. The van der Waals surface area contributed by atoms with Crippen molar-refractivity contribution in [2.24, 2.45) is 11.3 Å². The number of benzene rings is 1. The van der Waals surface area contributed by atoms with Crippen LogP contribution < -0.4 is 15.4 Å². The highest BCUT2D eigenvalue weighted by Gasteiger charge is 2.57. The number of rotatable bonds is 4. The summed E-state index contributed by atoms with van der Waals surface area (Å²) >= 11 is 0. The number of nitrogens with one attached hydrogen (secondary N) is 2. The maximum absolute atomic E-state index is 12.2. The fraction of sp³-hybridized carbons (Fsp3) is 0.562. The molecule has 116 valence electrons. The number of hydrogen-bond donors (Lipinski definition) is 2. The van der Waals surface area contributed by atoms with Crippen molar-refractivity contribution in [1.29, 1.82) is 0 Å². The van der Waals surface area contributed by atoms with Gasteiger partial charge in [0.25, 0.3) is 0 Å². The second-order valence-corrected chi connectivity index (χ2v) is 5.93. The van der Waals surface area contributed by atoms with Crippen LogP contribution in [0.1, 0.15) is 24.8 Å². The molecule has 0 bridgehead atoms. The van der Waals surface area contributed by atoms with E-state index in [0.717, 1.165) is 43.7 Å². The van der Waals surface area contributed by atoms with Crippen molar-refractivity contribution in [3.63, 3.8) is 0 Å². The Morgan fingerprint density at radius 1 is 1.33 bits per heavy atom. The molecule has 1 aromatic rings. The molecule has 0 aromatic heterocycles. The number of hydrogen-bond acceptors (Lipinski definition) is 3. The van der Waals surface area contributed by atoms with Gasteiger partial charge in [0.15, 0.2) is 0 Å². The van der Waals surface area contributed by atoms with Crippen LogP contribution >= 0.6 is 12.4 Å². The zero-order valence-corrected chi connectivity index (χ0v) is 13.2. The molecule has 21 heavy (non-hydrogen) atoms. The Kier molecular flexibility index (Phi) is 5.12. The quantitative estimate of drug-likeness (QED) is 0.895. The minimum absolute atomic E-state index is 0. The smallest absolute Gasteiger partial charge is 0.223 e. The SMILES string of the molecule is COc1ccc(CNC(=O)C2CC23CCNCC3)cc1.Cl. The maximum atomic E-state index is 12.2. The minimum Gasteiger partial charge on any atom is -0.497 e. The largest absolute Gasteiger partial charge is 0.497 e. The molecule has 2 N–H and O–H groups in total. The van der Waals surface area contributed by atoms with E-state index in [1.807, 2.05) is 24.3 Å². The molecule has 1 unspecified atom stereocenters. The van der Waals surface area contributed by atoms with E-state index in [4.69, 9.17) is 4.74 Å². The zero-order chi connectivity index (χ0) is 14.0. The van der Waals surface area contributed by atoms with Crippen molar-refractivity contribution in [3.05, 3.63) is 29.8 Å². The van der Waals surface area contributed by atoms with Gasteiger partial charge in [0, 0.05) is 12.5 Å². The first-order valence-corrected chi connectivity index (χ1v) is 7.35. The number of amides is 1. The number of carbonyl (C=O) groups excluding carboxylic acids is 1. The Bertz CT molecular complexity index is 484. The summed E-state index contributed by atoms with van der Waals surface area (Å²) in [6.07, 6.45) is 3.37. The second kappa shape index (κ2) is 6.67. The van der Waals surface area contributed by atoms with E-state index < -0.39 is 0 Å². The Morgan fingerprint density at radius 2 is 2.00 bits per heavy atom. The highest BCUT2D eigenvalue weighted by Crippen LogP contribution is 2.58. The first-order chi connectivity index (χ1) is 9.73. The van der Waals surface area contributed by atoms with Crippen molar-refractivity contribution in [1.82, 2.24) is 10.6 Å². The third kappa shape index (κ3) is 3.50. The summed E-state index contributed by atoms with van der Waals surface area (Å²) in [5.41, 5.74) is 1.43. The lowest BCUT2D eigenvalue weighted by molar-refractivity contribution is -0.123. The van der Waals surface area contributed by atoms with Gasteiger partial charge in [-0.05, 0) is 55.5 Å². The molecule has 5 heteroatoms. The summed E-state index contributed by atoms with van der Waals surface area (Å²) in [5.74, 6) is 1.31. The van der Waals surface area contributed by atoms with Crippen LogP contribution in [0, 0.1) is 11.3 Å². The second-order valence-electron chi connectivity index (χ2n) is 5.93. The molecule has 1 atom stereocenters. The van der Waals surface area contributed by atoms with Gasteiger partial charge in [0.05, 0.1) is 7.11 Å². The molecule has 1 amide bonds. The number of halogens is 1. The summed E-state index contributed by atoms with van der Waals surface area (Å²) in [6.45, 7) is 2.72. The summed E-state index contributed by atoms with van der Waals surface area (Å²) < 4.78 is 5.12. The first kappa shape index (κ1) is 16.1. The third-order valence-corrected chi connectivity index (χ3v) is 4.73. The number of methoxy groups -OCH3 is 1. The lowest BCUT2D eigenvalue weighted by atomic mass is 9.92. The van der Waals surface area contributed by atoms with Crippen molar-refractivity contribution in [3.8, 4) is 5.75 Å². The van der Waals surface area contributed by atoms with E-state index in [0.29, 0.717) is 12.0 Å².